The minimum Gasteiger partial charge on any atom is -0.378 e. The third-order valence-electron chi connectivity index (χ3n) is 2.90. The molecule has 0 saturated heterocycles. The van der Waals surface area contributed by atoms with Gasteiger partial charge in [-0.3, -0.25) is 4.57 Å². The molecule has 0 aliphatic heterocycles. The third kappa shape index (κ3) is 2.00. The highest BCUT2D eigenvalue weighted by Gasteiger charge is 2.18. The van der Waals surface area contributed by atoms with Crippen molar-refractivity contribution in [2.75, 3.05) is 12.4 Å². The Bertz CT molecular complexity index is 686. The highest BCUT2D eigenvalue weighted by molar-refractivity contribution is 7.10. The fraction of sp³-hybridized carbons (Fsp3) is 0.154. The number of anilines is 1. The number of nitrogens with zero attached hydrogens (tertiary/aromatic N) is 4. The van der Waals surface area contributed by atoms with E-state index in [1.54, 1.807) is 6.33 Å². The molecular weight excluding hydrogens is 258 g/mol. The maximum Gasteiger partial charge on any atom is 0.173 e. The summed E-state index contributed by atoms with van der Waals surface area (Å²) < 4.78 is 6.35. The van der Waals surface area contributed by atoms with Crippen LogP contribution in [-0.4, -0.2) is 26.2 Å². The quantitative estimate of drug-likeness (QED) is 0.796. The van der Waals surface area contributed by atoms with E-state index in [0.717, 1.165) is 27.8 Å². The second-order valence-electron chi connectivity index (χ2n) is 4.08. The Morgan fingerprint density at radius 1 is 1.21 bits per heavy atom. The van der Waals surface area contributed by atoms with Crippen LogP contribution in [0, 0.1) is 6.92 Å². The first kappa shape index (κ1) is 11.9. The number of aryl methyl sites for hydroxylation is 1. The summed E-state index contributed by atoms with van der Waals surface area (Å²) in [6.45, 7) is 1.98. The van der Waals surface area contributed by atoms with E-state index in [1.165, 1.54) is 11.5 Å². The number of hydrogen-bond acceptors (Lipinski definition) is 5. The zero-order chi connectivity index (χ0) is 13.2. The summed E-state index contributed by atoms with van der Waals surface area (Å²) in [6, 6.07) is 10.0. The van der Waals surface area contributed by atoms with Crippen LogP contribution in [0.3, 0.4) is 0 Å². The van der Waals surface area contributed by atoms with E-state index in [1.807, 2.05) is 48.9 Å². The minimum absolute atomic E-state index is 0.807. The summed E-state index contributed by atoms with van der Waals surface area (Å²) in [7, 11) is 1.89. The van der Waals surface area contributed by atoms with Crippen molar-refractivity contribution in [1.82, 2.24) is 19.1 Å². The lowest BCUT2D eigenvalue weighted by Crippen LogP contribution is -1.98. The molecule has 0 amide bonds. The average Bonchev–Trinajstić information content (AvgIpc) is 3.05. The molecule has 0 unspecified atom stereocenters. The standard InChI is InChI=1S/C13H13N5S/c1-9-11(13(14-2)19-17-9)12-16-15-8-18(12)10-6-4-3-5-7-10/h3-8,14H,1-2H3. The van der Waals surface area contributed by atoms with Crippen molar-refractivity contribution >= 4 is 16.5 Å². The van der Waals surface area contributed by atoms with Gasteiger partial charge in [0.25, 0.3) is 0 Å². The van der Waals surface area contributed by atoms with E-state index in [-0.39, 0.29) is 0 Å². The van der Waals surface area contributed by atoms with E-state index >= 15 is 0 Å². The lowest BCUT2D eigenvalue weighted by atomic mass is 10.2. The van der Waals surface area contributed by atoms with Gasteiger partial charge in [0.15, 0.2) is 5.82 Å². The molecule has 0 radical (unpaired) electrons. The Morgan fingerprint density at radius 2 is 2.00 bits per heavy atom. The van der Waals surface area contributed by atoms with Crippen LogP contribution >= 0.6 is 11.5 Å². The Labute approximate surface area is 115 Å². The summed E-state index contributed by atoms with van der Waals surface area (Å²) in [5, 5.41) is 12.4. The topological polar surface area (TPSA) is 55.6 Å². The fourth-order valence-corrected chi connectivity index (χ4v) is 2.73. The fourth-order valence-electron chi connectivity index (χ4n) is 1.99. The molecule has 19 heavy (non-hydrogen) atoms. The lowest BCUT2D eigenvalue weighted by Gasteiger charge is -2.07. The molecule has 3 rings (SSSR count). The van der Waals surface area contributed by atoms with Gasteiger partial charge in [-0.25, -0.2) is 0 Å². The van der Waals surface area contributed by atoms with Gasteiger partial charge in [-0.2, -0.15) is 4.37 Å². The molecule has 0 bridgehead atoms. The Morgan fingerprint density at radius 3 is 2.74 bits per heavy atom. The number of aromatic nitrogens is 4. The van der Waals surface area contributed by atoms with E-state index in [4.69, 9.17) is 0 Å². The molecule has 2 heterocycles. The van der Waals surface area contributed by atoms with Gasteiger partial charge in [0.2, 0.25) is 0 Å². The first-order valence-corrected chi connectivity index (χ1v) is 6.68. The zero-order valence-electron chi connectivity index (χ0n) is 10.7. The van der Waals surface area contributed by atoms with Crippen molar-refractivity contribution in [1.29, 1.82) is 0 Å². The van der Waals surface area contributed by atoms with E-state index in [0.29, 0.717) is 0 Å². The highest BCUT2D eigenvalue weighted by atomic mass is 32.1. The molecule has 5 nitrogen and oxygen atoms in total. The van der Waals surface area contributed by atoms with Crippen LogP contribution in [0.2, 0.25) is 0 Å². The number of hydrogen-bond donors (Lipinski definition) is 1. The normalized spacial score (nSPS) is 10.6. The Balaban J connectivity index is 2.18. The smallest absolute Gasteiger partial charge is 0.173 e. The van der Waals surface area contributed by atoms with Crippen LogP contribution in [0.5, 0.6) is 0 Å². The van der Waals surface area contributed by atoms with Crippen molar-refractivity contribution in [2.24, 2.45) is 0 Å². The second kappa shape index (κ2) is 4.81. The number of nitrogens with one attached hydrogen (secondary N) is 1. The number of para-hydroxylation sites is 1. The number of benzene rings is 1. The van der Waals surface area contributed by atoms with E-state index in [9.17, 15) is 0 Å². The largest absolute Gasteiger partial charge is 0.378 e. The van der Waals surface area contributed by atoms with Crippen LogP contribution in [-0.2, 0) is 0 Å². The lowest BCUT2D eigenvalue weighted by molar-refractivity contribution is 1.06. The molecule has 96 valence electrons. The SMILES string of the molecule is CNc1snc(C)c1-c1nncn1-c1ccccc1. The van der Waals surface area contributed by atoms with Crippen molar-refractivity contribution in [3.05, 3.63) is 42.4 Å². The molecule has 0 fully saturated rings. The predicted octanol–water partition coefficient (Wildman–Crippen LogP) is 2.74. The molecule has 2 aromatic heterocycles. The van der Waals surface area contributed by atoms with Gasteiger partial charge in [0.1, 0.15) is 11.3 Å². The molecule has 1 N–H and O–H groups in total. The summed E-state index contributed by atoms with van der Waals surface area (Å²) in [4.78, 5) is 0. The first-order chi connectivity index (χ1) is 9.31. The van der Waals surface area contributed by atoms with Gasteiger partial charge in [-0.1, -0.05) is 18.2 Å². The van der Waals surface area contributed by atoms with Crippen LogP contribution < -0.4 is 5.32 Å². The average molecular weight is 271 g/mol. The van der Waals surface area contributed by atoms with Crippen LogP contribution in [0.4, 0.5) is 5.00 Å². The predicted molar refractivity (Wildman–Crippen MR) is 76.8 cm³/mol. The van der Waals surface area contributed by atoms with Crippen molar-refractivity contribution in [2.45, 2.75) is 6.92 Å². The summed E-state index contributed by atoms with van der Waals surface area (Å²) in [6.07, 6.45) is 1.72. The second-order valence-corrected chi connectivity index (χ2v) is 4.86. The van der Waals surface area contributed by atoms with Gasteiger partial charge in [-0.05, 0) is 30.6 Å². The summed E-state index contributed by atoms with van der Waals surface area (Å²) in [5.74, 6) is 0.807. The van der Waals surface area contributed by atoms with Crippen LogP contribution in [0.25, 0.3) is 17.1 Å². The molecule has 0 spiro atoms. The van der Waals surface area contributed by atoms with Crippen LogP contribution in [0.15, 0.2) is 36.7 Å². The molecule has 0 aliphatic rings. The molecule has 0 atom stereocenters. The molecular formula is C13H13N5S. The van der Waals surface area contributed by atoms with Crippen molar-refractivity contribution in [3.63, 3.8) is 0 Å². The Kier molecular flexibility index (Phi) is 3.00. The minimum atomic E-state index is 0.807. The van der Waals surface area contributed by atoms with Gasteiger partial charge < -0.3 is 5.32 Å². The van der Waals surface area contributed by atoms with Gasteiger partial charge in [0, 0.05) is 12.7 Å². The van der Waals surface area contributed by atoms with E-state index < -0.39 is 0 Å². The summed E-state index contributed by atoms with van der Waals surface area (Å²) >= 11 is 1.44. The number of rotatable bonds is 3. The molecule has 6 heteroatoms. The first-order valence-electron chi connectivity index (χ1n) is 5.91. The maximum atomic E-state index is 4.38. The van der Waals surface area contributed by atoms with Crippen molar-refractivity contribution in [3.8, 4) is 17.1 Å². The zero-order valence-corrected chi connectivity index (χ0v) is 11.5. The van der Waals surface area contributed by atoms with E-state index in [2.05, 4.69) is 19.9 Å². The molecule has 3 aromatic rings. The summed E-state index contributed by atoms with van der Waals surface area (Å²) in [5.41, 5.74) is 3.00. The molecule has 1 aromatic carbocycles. The Hall–Kier alpha value is -2.21. The molecule has 0 aliphatic carbocycles. The van der Waals surface area contributed by atoms with Crippen molar-refractivity contribution < 1.29 is 0 Å². The highest BCUT2D eigenvalue weighted by Crippen LogP contribution is 2.33. The van der Waals surface area contributed by atoms with Gasteiger partial charge >= 0.3 is 0 Å². The molecule has 0 saturated carbocycles. The van der Waals surface area contributed by atoms with Crippen LogP contribution in [0.1, 0.15) is 5.69 Å². The third-order valence-corrected chi connectivity index (χ3v) is 3.85. The van der Waals surface area contributed by atoms with Gasteiger partial charge in [-0.15, -0.1) is 10.2 Å². The maximum absolute atomic E-state index is 4.38. The van der Waals surface area contributed by atoms with Gasteiger partial charge in [0.05, 0.1) is 11.3 Å². The monoisotopic (exact) mass is 271 g/mol.